The molecule has 0 aliphatic heterocycles. The fourth-order valence-electron chi connectivity index (χ4n) is 1.64. The van der Waals surface area contributed by atoms with Crippen molar-refractivity contribution in [3.05, 3.63) is 57.3 Å². The minimum absolute atomic E-state index is 0.136. The second kappa shape index (κ2) is 6.24. The average Bonchev–Trinajstić information content (AvgIpc) is 2.42. The van der Waals surface area contributed by atoms with Crippen LogP contribution in [0, 0.1) is 5.82 Å². The summed E-state index contributed by atoms with van der Waals surface area (Å²) in [5.74, 6) is -0.792. The van der Waals surface area contributed by atoms with Gasteiger partial charge in [-0.05, 0) is 52.3 Å². The first-order valence-electron chi connectivity index (χ1n) is 5.75. The molecule has 0 aliphatic carbocycles. The number of nitrogens with one attached hydrogen (secondary N) is 2. The van der Waals surface area contributed by atoms with E-state index in [9.17, 15) is 9.18 Å². The quantitative estimate of drug-likeness (QED) is 0.847. The van der Waals surface area contributed by atoms with Crippen LogP contribution in [-0.4, -0.2) is 13.0 Å². The van der Waals surface area contributed by atoms with Crippen molar-refractivity contribution in [3.8, 4) is 0 Å². The smallest absolute Gasteiger partial charge is 0.255 e. The van der Waals surface area contributed by atoms with Crippen molar-refractivity contribution >= 4 is 44.8 Å². The summed E-state index contributed by atoms with van der Waals surface area (Å²) >= 11 is 9.09. The van der Waals surface area contributed by atoms with Gasteiger partial charge in [0.15, 0.2) is 0 Å². The van der Waals surface area contributed by atoms with E-state index in [0.29, 0.717) is 15.7 Å². The molecule has 0 bridgehead atoms. The van der Waals surface area contributed by atoms with Crippen molar-refractivity contribution in [2.45, 2.75) is 0 Å². The van der Waals surface area contributed by atoms with Gasteiger partial charge in [-0.25, -0.2) is 4.39 Å². The van der Waals surface area contributed by atoms with Crippen LogP contribution in [0.3, 0.4) is 0 Å². The zero-order chi connectivity index (χ0) is 14.7. The molecule has 0 fully saturated rings. The third-order valence-electron chi connectivity index (χ3n) is 2.68. The number of halogens is 3. The summed E-state index contributed by atoms with van der Waals surface area (Å²) in [6.45, 7) is 0. The lowest BCUT2D eigenvalue weighted by Gasteiger charge is -2.10. The van der Waals surface area contributed by atoms with Gasteiger partial charge in [0.1, 0.15) is 5.82 Å². The molecule has 2 aromatic rings. The number of amides is 1. The Labute approximate surface area is 129 Å². The molecule has 0 radical (unpaired) electrons. The minimum Gasteiger partial charge on any atom is -0.388 e. The summed E-state index contributed by atoms with van der Waals surface area (Å²) in [5.41, 5.74) is 1.73. The van der Waals surface area contributed by atoms with Gasteiger partial charge in [-0.15, -0.1) is 0 Å². The van der Waals surface area contributed by atoms with E-state index in [1.807, 2.05) is 0 Å². The maximum atomic E-state index is 13.1. The highest BCUT2D eigenvalue weighted by atomic mass is 79.9. The highest BCUT2D eigenvalue weighted by molar-refractivity contribution is 9.10. The van der Waals surface area contributed by atoms with E-state index >= 15 is 0 Å². The maximum absolute atomic E-state index is 13.1. The van der Waals surface area contributed by atoms with Crippen LogP contribution in [0.2, 0.25) is 5.02 Å². The summed E-state index contributed by atoms with van der Waals surface area (Å²) in [5, 5.41) is 5.76. The molecule has 0 heterocycles. The van der Waals surface area contributed by atoms with E-state index in [0.717, 1.165) is 11.8 Å². The predicted molar refractivity (Wildman–Crippen MR) is 83.1 cm³/mol. The lowest BCUT2D eigenvalue weighted by Crippen LogP contribution is -2.12. The van der Waals surface area contributed by atoms with E-state index in [2.05, 4.69) is 26.6 Å². The molecule has 0 saturated heterocycles. The maximum Gasteiger partial charge on any atom is 0.255 e. The topological polar surface area (TPSA) is 41.1 Å². The largest absolute Gasteiger partial charge is 0.388 e. The van der Waals surface area contributed by atoms with Gasteiger partial charge in [0.25, 0.3) is 5.91 Å². The number of hydrogen-bond acceptors (Lipinski definition) is 2. The fourth-order valence-corrected chi connectivity index (χ4v) is 2.53. The molecule has 2 rings (SSSR count). The van der Waals surface area contributed by atoms with Crippen molar-refractivity contribution in [2.24, 2.45) is 0 Å². The van der Waals surface area contributed by atoms with Crippen molar-refractivity contribution < 1.29 is 9.18 Å². The van der Waals surface area contributed by atoms with E-state index < -0.39 is 5.82 Å². The lowest BCUT2D eigenvalue weighted by molar-refractivity contribution is 0.102. The van der Waals surface area contributed by atoms with Gasteiger partial charge in [0, 0.05) is 22.8 Å². The molecule has 2 N–H and O–H groups in total. The zero-order valence-electron chi connectivity index (χ0n) is 10.5. The molecule has 0 atom stereocenters. The van der Waals surface area contributed by atoms with Crippen LogP contribution in [0.5, 0.6) is 0 Å². The molecule has 0 unspecified atom stereocenters. The van der Waals surface area contributed by atoms with Crippen LogP contribution in [-0.2, 0) is 0 Å². The molecule has 0 saturated carbocycles. The van der Waals surface area contributed by atoms with Gasteiger partial charge in [-0.1, -0.05) is 11.6 Å². The second-order valence-corrected chi connectivity index (χ2v) is 5.29. The Morgan fingerprint density at radius 3 is 2.45 bits per heavy atom. The van der Waals surface area contributed by atoms with E-state index in [4.69, 9.17) is 11.6 Å². The highest BCUT2D eigenvalue weighted by Crippen LogP contribution is 2.32. The zero-order valence-corrected chi connectivity index (χ0v) is 12.8. The van der Waals surface area contributed by atoms with Gasteiger partial charge in [0.2, 0.25) is 0 Å². The molecule has 1 amide bonds. The first-order valence-corrected chi connectivity index (χ1v) is 6.92. The SMILES string of the molecule is CNc1ccc(C(=O)Nc2c(Cl)cc(F)cc2Br)cc1. The number of carbonyl (C=O) groups excluding carboxylic acids is 1. The predicted octanol–water partition coefficient (Wildman–Crippen LogP) is 4.54. The molecule has 20 heavy (non-hydrogen) atoms. The van der Waals surface area contributed by atoms with Crippen molar-refractivity contribution in [2.75, 3.05) is 17.7 Å². The van der Waals surface area contributed by atoms with Crippen LogP contribution in [0.25, 0.3) is 0 Å². The average molecular weight is 358 g/mol. The van der Waals surface area contributed by atoms with Crippen molar-refractivity contribution in [1.29, 1.82) is 0 Å². The summed E-state index contributed by atoms with van der Waals surface area (Å²) in [4.78, 5) is 12.1. The van der Waals surface area contributed by atoms with Crippen LogP contribution in [0.4, 0.5) is 15.8 Å². The molecule has 0 aliphatic rings. The van der Waals surface area contributed by atoms with Gasteiger partial charge >= 0.3 is 0 Å². The summed E-state index contributed by atoms with van der Waals surface area (Å²) in [6, 6.07) is 9.34. The standard InChI is InChI=1S/C14H11BrClFN2O/c1-18-10-4-2-8(3-5-10)14(20)19-13-11(15)6-9(17)7-12(13)16/h2-7,18H,1H3,(H,19,20). The van der Waals surface area contributed by atoms with Gasteiger partial charge in [0.05, 0.1) is 10.7 Å². The van der Waals surface area contributed by atoms with E-state index in [1.165, 1.54) is 6.07 Å². The fraction of sp³-hybridized carbons (Fsp3) is 0.0714. The Morgan fingerprint density at radius 2 is 1.90 bits per heavy atom. The van der Waals surface area contributed by atoms with E-state index in [1.54, 1.807) is 31.3 Å². The molecule has 6 heteroatoms. The molecular formula is C14H11BrClFN2O. The Balaban J connectivity index is 2.23. The minimum atomic E-state index is -0.474. The number of hydrogen-bond donors (Lipinski definition) is 2. The number of carbonyl (C=O) groups is 1. The molecule has 2 aromatic carbocycles. The number of rotatable bonds is 3. The number of anilines is 2. The molecule has 3 nitrogen and oxygen atoms in total. The molecule has 0 spiro atoms. The summed E-state index contributed by atoms with van der Waals surface area (Å²) < 4.78 is 13.5. The Hall–Kier alpha value is -1.59. The number of benzene rings is 2. The van der Waals surface area contributed by atoms with Crippen LogP contribution >= 0.6 is 27.5 Å². The molecular weight excluding hydrogens is 347 g/mol. The Morgan fingerprint density at radius 1 is 1.25 bits per heavy atom. The molecule has 104 valence electrons. The third kappa shape index (κ3) is 3.29. The highest BCUT2D eigenvalue weighted by Gasteiger charge is 2.12. The summed E-state index contributed by atoms with van der Waals surface area (Å²) in [6.07, 6.45) is 0. The first-order chi connectivity index (χ1) is 9.51. The normalized spacial score (nSPS) is 10.2. The van der Waals surface area contributed by atoms with Crippen LogP contribution in [0.15, 0.2) is 40.9 Å². The lowest BCUT2D eigenvalue weighted by atomic mass is 10.2. The van der Waals surface area contributed by atoms with Crippen molar-refractivity contribution in [3.63, 3.8) is 0 Å². The summed E-state index contributed by atoms with van der Waals surface area (Å²) in [7, 11) is 1.80. The molecule has 0 aromatic heterocycles. The Kier molecular flexibility index (Phi) is 4.62. The van der Waals surface area contributed by atoms with Crippen LogP contribution in [0.1, 0.15) is 10.4 Å². The van der Waals surface area contributed by atoms with Gasteiger partial charge in [-0.2, -0.15) is 0 Å². The third-order valence-corrected chi connectivity index (χ3v) is 3.60. The van der Waals surface area contributed by atoms with Gasteiger partial charge < -0.3 is 10.6 Å². The first kappa shape index (κ1) is 14.8. The van der Waals surface area contributed by atoms with Gasteiger partial charge in [-0.3, -0.25) is 4.79 Å². The monoisotopic (exact) mass is 356 g/mol. The van der Waals surface area contributed by atoms with Crippen molar-refractivity contribution in [1.82, 2.24) is 0 Å². The van der Waals surface area contributed by atoms with E-state index in [-0.39, 0.29) is 10.9 Å². The Bertz CT molecular complexity index is 623. The van der Waals surface area contributed by atoms with Crippen LogP contribution < -0.4 is 10.6 Å². The second-order valence-electron chi connectivity index (χ2n) is 4.03.